The van der Waals surface area contributed by atoms with Gasteiger partial charge in [-0.2, -0.15) is 5.10 Å². The van der Waals surface area contributed by atoms with E-state index in [0.717, 1.165) is 41.3 Å². The molecule has 0 N–H and O–H groups in total. The fraction of sp³-hybridized carbons (Fsp3) is 0.250. The number of amides is 1. The van der Waals surface area contributed by atoms with Gasteiger partial charge in [-0.25, -0.2) is 9.67 Å². The number of benzene rings is 2. The first-order valence-corrected chi connectivity index (χ1v) is 12.0. The maximum atomic E-state index is 13.3. The second-order valence-electron chi connectivity index (χ2n) is 8.78. The van der Waals surface area contributed by atoms with Gasteiger partial charge in [0.05, 0.1) is 24.7 Å². The molecule has 0 bridgehead atoms. The minimum absolute atomic E-state index is 0.0626. The van der Waals surface area contributed by atoms with E-state index in [2.05, 4.69) is 16.9 Å². The first kappa shape index (κ1) is 23.6. The summed E-state index contributed by atoms with van der Waals surface area (Å²) < 4.78 is 12.9. The minimum Gasteiger partial charge on any atom is -0.489 e. The SMILES string of the molecule is COc1ccc(-n2nc(C(=O)N3CCN(C)CC3)cc2-c2ccc(OCc3ccccc3)cc2)cn1. The highest BCUT2D eigenvalue weighted by Gasteiger charge is 2.24. The predicted octanol–water partition coefficient (Wildman–Crippen LogP) is 3.91. The second-order valence-corrected chi connectivity index (χ2v) is 8.78. The molecule has 184 valence electrons. The van der Waals surface area contributed by atoms with Gasteiger partial charge >= 0.3 is 0 Å². The number of hydrogen-bond acceptors (Lipinski definition) is 6. The van der Waals surface area contributed by atoms with Crippen molar-refractivity contribution >= 4 is 5.91 Å². The van der Waals surface area contributed by atoms with Crippen LogP contribution in [-0.2, 0) is 6.61 Å². The van der Waals surface area contributed by atoms with Gasteiger partial charge in [-0.15, -0.1) is 0 Å². The Bertz CT molecular complexity index is 1300. The molecule has 0 saturated carbocycles. The van der Waals surface area contributed by atoms with Crippen molar-refractivity contribution in [2.24, 2.45) is 0 Å². The molecule has 1 aliphatic rings. The van der Waals surface area contributed by atoms with Crippen LogP contribution in [0.3, 0.4) is 0 Å². The molecule has 0 unspecified atom stereocenters. The Morgan fingerprint density at radius 3 is 2.36 bits per heavy atom. The molecule has 0 radical (unpaired) electrons. The summed E-state index contributed by atoms with van der Waals surface area (Å²) in [6.07, 6.45) is 1.69. The van der Waals surface area contributed by atoms with Crippen molar-refractivity contribution in [3.8, 4) is 28.6 Å². The van der Waals surface area contributed by atoms with Gasteiger partial charge in [0.25, 0.3) is 5.91 Å². The monoisotopic (exact) mass is 483 g/mol. The van der Waals surface area contributed by atoms with Crippen molar-refractivity contribution in [2.75, 3.05) is 40.3 Å². The number of piperazine rings is 1. The van der Waals surface area contributed by atoms with Crippen LogP contribution in [0.4, 0.5) is 0 Å². The number of rotatable bonds is 7. The number of hydrogen-bond donors (Lipinski definition) is 0. The van der Waals surface area contributed by atoms with Crippen LogP contribution in [0.5, 0.6) is 11.6 Å². The van der Waals surface area contributed by atoms with Crippen LogP contribution in [0.15, 0.2) is 79.0 Å². The van der Waals surface area contributed by atoms with Gasteiger partial charge in [0.15, 0.2) is 5.69 Å². The Morgan fingerprint density at radius 2 is 1.69 bits per heavy atom. The van der Waals surface area contributed by atoms with Crippen molar-refractivity contribution < 1.29 is 14.3 Å². The number of nitrogens with zero attached hydrogens (tertiary/aromatic N) is 5. The van der Waals surface area contributed by atoms with Crippen molar-refractivity contribution in [2.45, 2.75) is 6.61 Å². The molecule has 36 heavy (non-hydrogen) atoms. The zero-order chi connectivity index (χ0) is 24.9. The van der Waals surface area contributed by atoms with E-state index < -0.39 is 0 Å². The summed E-state index contributed by atoms with van der Waals surface area (Å²) in [5, 5.41) is 4.70. The Kier molecular flexibility index (Phi) is 6.95. The molecule has 1 aliphatic heterocycles. The lowest BCUT2D eigenvalue weighted by atomic mass is 10.1. The standard InChI is InChI=1S/C28H29N5O3/c1-31-14-16-32(17-15-31)28(34)25-18-26(33(30-25)23-10-13-27(35-2)29-19-23)22-8-11-24(12-9-22)36-20-21-6-4-3-5-7-21/h3-13,18-19H,14-17,20H2,1-2H3. The largest absolute Gasteiger partial charge is 0.489 e. The third-order valence-electron chi connectivity index (χ3n) is 6.29. The van der Waals surface area contributed by atoms with Crippen LogP contribution in [0.1, 0.15) is 16.1 Å². The van der Waals surface area contributed by atoms with Gasteiger partial charge in [0.1, 0.15) is 12.4 Å². The number of pyridine rings is 1. The van der Waals surface area contributed by atoms with Crippen LogP contribution in [0.25, 0.3) is 16.9 Å². The zero-order valence-corrected chi connectivity index (χ0v) is 20.5. The number of ether oxygens (including phenoxy) is 2. The Hall–Kier alpha value is -4.17. The zero-order valence-electron chi connectivity index (χ0n) is 20.5. The highest BCUT2D eigenvalue weighted by Crippen LogP contribution is 2.27. The molecule has 8 nitrogen and oxygen atoms in total. The number of carbonyl (C=O) groups excluding carboxylic acids is 1. The summed E-state index contributed by atoms with van der Waals surface area (Å²) in [5.74, 6) is 1.22. The van der Waals surface area contributed by atoms with Crippen molar-refractivity contribution in [1.29, 1.82) is 0 Å². The highest BCUT2D eigenvalue weighted by molar-refractivity contribution is 5.93. The molecule has 5 rings (SSSR count). The molecule has 0 spiro atoms. The molecule has 1 fully saturated rings. The van der Waals surface area contributed by atoms with E-state index in [-0.39, 0.29) is 5.91 Å². The van der Waals surface area contributed by atoms with Crippen LogP contribution in [0.2, 0.25) is 0 Å². The number of aromatic nitrogens is 3. The molecule has 0 atom stereocenters. The van der Waals surface area contributed by atoms with Gasteiger partial charge < -0.3 is 19.3 Å². The predicted molar refractivity (Wildman–Crippen MR) is 138 cm³/mol. The summed E-state index contributed by atoms with van der Waals surface area (Å²) >= 11 is 0. The molecule has 2 aromatic carbocycles. The van der Waals surface area contributed by atoms with Gasteiger partial charge in [-0.3, -0.25) is 4.79 Å². The van der Waals surface area contributed by atoms with E-state index in [0.29, 0.717) is 31.3 Å². The molecular formula is C28H29N5O3. The average Bonchev–Trinajstić information content (AvgIpc) is 3.38. The third kappa shape index (κ3) is 5.23. The molecule has 0 aliphatic carbocycles. The summed E-state index contributed by atoms with van der Waals surface area (Å²) in [6.45, 7) is 3.59. The van der Waals surface area contributed by atoms with Gasteiger partial charge in [-0.05, 0) is 49.0 Å². The lowest BCUT2D eigenvalue weighted by Gasteiger charge is -2.31. The maximum Gasteiger partial charge on any atom is 0.274 e. The fourth-order valence-electron chi connectivity index (χ4n) is 4.14. The van der Waals surface area contributed by atoms with E-state index >= 15 is 0 Å². The maximum absolute atomic E-state index is 13.3. The highest BCUT2D eigenvalue weighted by atomic mass is 16.5. The Labute approximate surface area is 210 Å². The summed E-state index contributed by atoms with van der Waals surface area (Å²) in [4.78, 5) is 21.7. The molecule has 8 heteroatoms. The molecule has 3 heterocycles. The Balaban J connectivity index is 1.43. The average molecular weight is 484 g/mol. The second kappa shape index (κ2) is 10.6. The normalized spacial score (nSPS) is 14.0. The molecule has 2 aromatic heterocycles. The summed E-state index contributed by atoms with van der Waals surface area (Å²) in [7, 11) is 3.65. The quantitative estimate of drug-likeness (QED) is 0.397. The summed E-state index contributed by atoms with van der Waals surface area (Å²) in [6, 6.07) is 23.4. The molecule has 1 amide bonds. The van der Waals surface area contributed by atoms with E-state index in [4.69, 9.17) is 14.6 Å². The first-order chi connectivity index (χ1) is 17.6. The summed E-state index contributed by atoms with van der Waals surface area (Å²) in [5.41, 5.74) is 3.98. The fourth-order valence-corrected chi connectivity index (χ4v) is 4.14. The third-order valence-corrected chi connectivity index (χ3v) is 6.29. The number of methoxy groups -OCH3 is 1. The molecule has 4 aromatic rings. The topological polar surface area (TPSA) is 72.7 Å². The lowest BCUT2D eigenvalue weighted by molar-refractivity contribution is 0.0657. The van der Waals surface area contributed by atoms with Crippen LogP contribution >= 0.6 is 0 Å². The van der Waals surface area contributed by atoms with E-state index in [1.165, 1.54) is 0 Å². The number of carbonyl (C=O) groups is 1. The van der Waals surface area contributed by atoms with Crippen molar-refractivity contribution in [3.63, 3.8) is 0 Å². The smallest absolute Gasteiger partial charge is 0.274 e. The molecule has 1 saturated heterocycles. The van der Waals surface area contributed by atoms with Crippen LogP contribution < -0.4 is 9.47 Å². The van der Waals surface area contributed by atoms with E-state index in [9.17, 15) is 4.79 Å². The van der Waals surface area contributed by atoms with E-state index in [1.54, 1.807) is 24.1 Å². The number of likely N-dealkylation sites (N-methyl/N-ethyl adjacent to an activating group) is 1. The van der Waals surface area contributed by atoms with Gasteiger partial charge in [0.2, 0.25) is 5.88 Å². The van der Waals surface area contributed by atoms with Gasteiger partial charge in [-0.1, -0.05) is 30.3 Å². The van der Waals surface area contributed by atoms with Crippen molar-refractivity contribution in [3.05, 3.63) is 90.3 Å². The van der Waals surface area contributed by atoms with Crippen LogP contribution in [-0.4, -0.2) is 70.8 Å². The van der Waals surface area contributed by atoms with Gasteiger partial charge in [0, 0.05) is 37.8 Å². The lowest BCUT2D eigenvalue weighted by Crippen LogP contribution is -2.47. The first-order valence-electron chi connectivity index (χ1n) is 12.0. The molecular weight excluding hydrogens is 454 g/mol. The van der Waals surface area contributed by atoms with Crippen LogP contribution in [0, 0.1) is 0 Å². The minimum atomic E-state index is -0.0626. The Morgan fingerprint density at radius 1 is 0.944 bits per heavy atom. The van der Waals surface area contributed by atoms with E-state index in [1.807, 2.05) is 71.6 Å². The van der Waals surface area contributed by atoms with Crippen molar-refractivity contribution in [1.82, 2.24) is 24.6 Å².